The predicted octanol–water partition coefficient (Wildman–Crippen LogP) is 2.26. The molecule has 5 nitrogen and oxygen atoms in total. The maximum atomic E-state index is 12.5. The fourth-order valence-electron chi connectivity index (χ4n) is 2.05. The van der Waals surface area contributed by atoms with E-state index in [1.54, 1.807) is 38.1 Å². The van der Waals surface area contributed by atoms with Gasteiger partial charge in [0.2, 0.25) is 0 Å². The number of carbonyl (C=O) groups is 1. The fraction of sp³-hybridized carbons (Fsp3) is 0.357. The van der Waals surface area contributed by atoms with Crippen LogP contribution in [0.1, 0.15) is 25.7 Å². The highest BCUT2D eigenvalue weighted by Crippen LogP contribution is 2.14. The molecule has 1 heterocycles. The third-order valence-corrected chi connectivity index (χ3v) is 3.25. The molecule has 0 bridgehead atoms. The van der Waals surface area contributed by atoms with Crippen molar-refractivity contribution < 1.29 is 9.53 Å². The molecule has 0 spiro atoms. The highest BCUT2D eigenvalue weighted by molar-refractivity contribution is 6.16. The van der Waals surface area contributed by atoms with Crippen LogP contribution in [0, 0.1) is 0 Å². The molecule has 0 saturated heterocycles. The number of fused-ring (bicyclic) bond motifs is 1. The van der Waals surface area contributed by atoms with Crippen molar-refractivity contribution >= 4 is 28.5 Å². The van der Waals surface area contributed by atoms with Crippen molar-refractivity contribution in [2.75, 3.05) is 6.61 Å². The van der Waals surface area contributed by atoms with Crippen molar-refractivity contribution in [1.82, 2.24) is 9.55 Å². The lowest BCUT2D eigenvalue weighted by atomic mass is 10.2. The number of para-hydroxylation sites is 1. The summed E-state index contributed by atoms with van der Waals surface area (Å²) in [6.45, 7) is 3.58. The summed E-state index contributed by atoms with van der Waals surface area (Å²) in [5.74, 6) is -0.0712. The fourth-order valence-corrected chi connectivity index (χ4v) is 2.24. The Hall–Kier alpha value is -1.88. The normalized spacial score (nSPS) is 12.3. The van der Waals surface area contributed by atoms with E-state index in [1.807, 2.05) is 0 Å². The topological polar surface area (TPSA) is 61.2 Å². The Morgan fingerprint density at radius 2 is 2.15 bits per heavy atom. The van der Waals surface area contributed by atoms with Crippen molar-refractivity contribution in [1.29, 1.82) is 0 Å². The molecule has 0 saturated carbocycles. The molecule has 6 heteroatoms. The number of aromatic nitrogens is 2. The standard InChI is InChI=1S/C14H15ClN2O3/c1-3-20-14(19)9(2)17-12(8-15)16-11-7-5-4-6-10(11)13(17)18/h4-7,9H,3,8H2,1-2H3. The van der Waals surface area contributed by atoms with Gasteiger partial charge in [-0.15, -0.1) is 11.6 Å². The van der Waals surface area contributed by atoms with Gasteiger partial charge in [0.25, 0.3) is 5.56 Å². The van der Waals surface area contributed by atoms with E-state index in [4.69, 9.17) is 16.3 Å². The van der Waals surface area contributed by atoms with Gasteiger partial charge in [-0.05, 0) is 26.0 Å². The van der Waals surface area contributed by atoms with Gasteiger partial charge in [0.15, 0.2) is 0 Å². The smallest absolute Gasteiger partial charge is 0.329 e. The van der Waals surface area contributed by atoms with E-state index >= 15 is 0 Å². The number of alkyl halides is 1. The van der Waals surface area contributed by atoms with Gasteiger partial charge < -0.3 is 4.74 Å². The van der Waals surface area contributed by atoms with E-state index in [2.05, 4.69) is 4.98 Å². The second kappa shape index (κ2) is 6.05. The number of esters is 1. The van der Waals surface area contributed by atoms with Gasteiger partial charge >= 0.3 is 5.97 Å². The quantitative estimate of drug-likeness (QED) is 0.641. The van der Waals surface area contributed by atoms with Crippen LogP contribution < -0.4 is 5.56 Å². The van der Waals surface area contributed by atoms with Crippen molar-refractivity contribution in [3.8, 4) is 0 Å². The number of ether oxygens (including phenoxy) is 1. The molecule has 0 aliphatic rings. The van der Waals surface area contributed by atoms with E-state index in [0.717, 1.165) is 0 Å². The van der Waals surface area contributed by atoms with Gasteiger partial charge in [-0.2, -0.15) is 0 Å². The third-order valence-electron chi connectivity index (χ3n) is 3.02. The molecule has 0 N–H and O–H groups in total. The van der Waals surface area contributed by atoms with Gasteiger partial charge in [-0.1, -0.05) is 12.1 Å². The van der Waals surface area contributed by atoms with Gasteiger partial charge in [-0.25, -0.2) is 9.78 Å². The summed E-state index contributed by atoms with van der Waals surface area (Å²) >= 11 is 5.86. The minimum Gasteiger partial charge on any atom is -0.464 e. The maximum Gasteiger partial charge on any atom is 0.329 e. The number of benzene rings is 1. The number of nitrogens with zero attached hydrogens (tertiary/aromatic N) is 2. The molecular weight excluding hydrogens is 280 g/mol. The Kier molecular flexibility index (Phi) is 4.39. The summed E-state index contributed by atoms with van der Waals surface area (Å²) in [4.78, 5) is 28.7. The van der Waals surface area contributed by atoms with E-state index in [0.29, 0.717) is 16.7 Å². The predicted molar refractivity (Wildman–Crippen MR) is 76.9 cm³/mol. The summed E-state index contributed by atoms with van der Waals surface area (Å²) in [5, 5.41) is 0.456. The first kappa shape index (κ1) is 14.5. The van der Waals surface area contributed by atoms with Crippen molar-refractivity contribution in [3.05, 3.63) is 40.4 Å². The first-order chi connectivity index (χ1) is 9.60. The summed E-state index contributed by atoms with van der Waals surface area (Å²) in [5.41, 5.74) is 0.285. The van der Waals surface area contributed by atoms with Crippen LogP contribution in [-0.4, -0.2) is 22.1 Å². The number of halogens is 1. The van der Waals surface area contributed by atoms with Gasteiger partial charge in [0.1, 0.15) is 11.9 Å². The van der Waals surface area contributed by atoms with Gasteiger partial charge in [-0.3, -0.25) is 9.36 Å². The highest BCUT2D eigenvalue weighted by Gasteiger charge is 2.22. The Morgan fingerprint density at radius 1 is 1.45 bits per heavy atom. The second-order valence-electron chi connectivity index (χ2n) is 4.28. The molecule has 2 aromatic rings. The van der Waals surface area contributed by atoms with Crippen LogP contribution in [0.4, 0.5) is 0 Å². The average molecular weight is 295 g/mol. The molecule has 0 radical (unpaired) electrons. The summed E-state index contributed by atoms with van der Waals surface area (Å²) in [6.07, 6.45) is 0. The zero-order valence-electron chi connectivity index (χ0n) is 11.3. The van der Waals surface area contributed by atoms with Crippen LogP contribution in [0.3, 0.4) is 0 Å². The molecule has 0 aliphatic carbocycles. The van der Waals surface area contributed by atoms with E-state index in [-0.39, 0.29) is 18.0 Å². The van der Waals surface area contributed by atoms with E-state index in [1.165, 1.54) is 4.57 Å². The Bertz CT molecular complexity index is 696. The van der Waals surface area contributed by atoms with Crippen molar-refractivity contribution in [2.45, 2.75) is 25.8 Å². The van der Waals surface area contributed by atoms with E-state index < -0.39 is 12.0 Å². The molecule has 0 fully saturated rings. The summed E-state index contributed by atoms with van der Waals surface area (Å²) in [7, 11) is 0. The molecule has 20 heavy (non-hydrogen) atoms. The van der Waals surface area contributed by atoms with Crippen molar-refractivity contribution in [3.63, 3.8) is 0 Å². The monoisotopic (exact) mass is 294 g/mol. The maximum absolute atomic E-state index is 12.5. The van der Waals surface area contributed by atoms with Crippen LogP contribution in [0.25, 0.3) is 10.9 Å². The zero-order valence-corrected chi connectivity index (χ0v) is 12.1. The molecule has 1 aromatic carbocycles. The number of carbonyl (C=O) groups excluding carboxylic acids is 1. The summed E-state index contributed by atoms with van der Waals surface area (Å²) in [6, 6.07) is 6.22. The Morgan fingerprint density at radius 3 is 2.80 bits per heavy atom. The third kappa shape index (κ3) is 2.54. The molecule has 1 atom stereocenters. The number of rotatable bonds is 4. The van der Waals surface area contributed by atoms with Crippen LogP contribution in [0.15, 0.2) is 29.1 Å². The largest absolute Gasteiger partial charge is 0.464 e. The second-order valence-corrected chi connectivity index (χ2v) is 4.55. The van der Waals surface area contributed by atoms with Crippen LogP contribution in [-0.2, 0) is 15.4 Å². The molecule has 1 aromatic heterocycles. The minimum absolute atomic E-state index is 0.0455. The van der Waals surface area contributed by atoms with Crippen LogP contribution >= 0.6 is 11.6 Å². The molecule has 2 rings (SSSR count). The molecule has 106 valence electrons. The van der Waals surface area contributed by atoms with Crippen LogP contribution in [0.2, 0.25) is 0 Å². The zero-order chi connectivity index (χ0) is 14.7. The lowest BCUT2D eigenvalue weighted by Gasteiger charge is -2.17. The van der Waals surface area contributed by atoms with Crippen molar-refractivity contribution in [2.24, 2.45) is 0 Å². The Balaban J connectivity index is 2.65. The summed E-state index contributed by atoms with van der Waals surface area (Å²) < 4.78 is 6.25. The number of hydrogen-bond acceptors (Lipinski definition) is 4. The van der Waals surface area contributed by atoms with E-state index in [9.17, 15) is 9.59 Å². The lowest BCUT2D eigenvalue weighted by Crippen LogP contribution is -2.32. The molecule has 0 amide bonds. The minimum atomic E-state index is -0.756. The lowest BCUT2D eigenvalue weighted by molar-refractivity contribution is -0.146. The Labute approximate surface area is 121 Å². The highest BCUT2D eigenvalue weighted by atomic mass is 35.5. The average Bonchev–Trinajstić information content (AvgIpc) is 2.46. The number of hydrogen-bond donors (Lipinski definition) is 0. The molecule has 0 aliphatic heterocycles. The first-order valence-corrected chi connectivity index (χ1v) is 6.86. The van der Waals surface area contributed by atoms with Gasteiger partial charge in [0.05, 0.1) is 23.4 Å². The molecular formula is C14H15ClN2O3. The molecule has 1 unspecified atom stereocenters. The first-order valence-electron chi connectivity index (χ1n) is 6.32. The van der Waals surface area contributed by atoms with Crippen LogP contribution in [0.5, 0.6) is 0 Å². The van der Waals surface area contributed by atoms with Gasteiger partial charge in [0, 0.05) is 0 Å². The SMILES string of the molecule is CCOC(=O)C(C)n1c(CCl)nc2ccccc2c1=O.